The zero-order chi connectivity index (χ0) is 19.1. The van der Waals surface area contributed by atoms with Gasteiger partial charge >= 0.3 is 0 Å². The summed E-state index contributed by atoms with van der Waals surface area (Å²) in [6.45, 7) is 9.12. The Bertz CT molecular complexity index is 763. The van der Waals surface area contributed by atoms with Crippen LogP contribution < -0.4 is 10.1 Å². The molecule has 0 unspecified atom stereocenters. The van der Waals surface area contributed by atoms with Gasteiger partial charge in [0.25, 0.3) is 0 Å². The molecule has 1 aromatic heterocycles. The van der Waals surface area contributed by atoms with E-state index in [1.807, 2.05) is 13.1 Å². The van der Waals surface area contributed by atoms with Crippen LogP contribution in [0.4, 0.5) is 4.39 Å². The summed E-state index contributed by atoms with van der Waals surface area (Å²) in [7, 11) is 0. The molecule has 0 spiro atoms. The molecule has 0 radical (unpaired) electrons. The summed E-state index contributed by atoms with van der Waals surface area (Å²) in [5.74, 6) is 0.375. The maximum atomic E-state index is 13.0. The Morgan fingerprint density at radius 2 is 2.04 bits per heavy atom. The molecule has 27 heavy (non-hydrogen) atoms. The number of aromatic nitrogens is 1. The fraction of sp³-hybridized carbons (Fsp3) is 0.381. The van der Waals surface area contributed by atoms with Gasteiger partial charge in [-0.1, -0.05) is 25.1 Å². The van der Waals surface area contributed by atoms with Crippen LogP contribution in [0.2, 0.25) is 0 Å². The Morgan fingerprint density at radius 1 is 1.22 bits per heavy atom. The number of pyridine rings is 1. The zero-order valence-corrected chi connectivity index (χ0v) is 16.0. The highest BCUT2D eigenvalue weighted by molar-refractivity contribution is 5.29. The van der Waals surface area contributed by atoms with Crippen molar-refractivity contribution in [2.24, 2.45) is 0 Å². The Labute approximate surface area is 160 Å². The third kappa shape index (κ3) is 5.52. The lowest BCUT2D eigenvalue weighted by molar-refractivity contribution is 0.0443. The van der Waals surface area contributed by atoms with Gasteiger partial charge in [0.2, 0.25) is 5.88 Å². The van der Waals surface area contributed by atoms with Crippen LogP contribution in [0.1, 0.15) is 23.6 Å². The summed E-state index contributed by atoms with van der Waals surface area (Å²) >= 11 is 0. The summed E-state index contributed by atoms with van der Waals surface area (Å²) in [4.78, 5) is 4.48. The number of hydrogen-bond acceptors (Lipinski definition) is 5. The van der Waals surface area contributed by atoms with E-state index in [1.165, 1.54) is 12.1 Å². The van der Waals surface area contributed by atoms with Crippen molar-refractivity contribution >= 4 is 0 Å². The van der Waals surface area contributed by atoms with Gasteiger partial charge in [-0.3, -0.25) is 0 Å². The lowest BCUT2D eigenvalue weighted by Crippen LogP contribution is -2.38. The van der Waals surface area contributed by atoms with Crippen molar-refractivity contribution in [1.82, 2.24) is 20.3 Å². The van der Waals surface area contributed by atoms with Crippen molar-refractivity contribution in [3.05, 3.63) is 71.3 Å². The molecule has 1 aliphatic rings. The predicted molar refractivity (Wildman–Crippen MR) is 105 cm³/mol. The molecule has 1 N–H and O–H groups in total. The number of hydrogen-bond donors (Lipinski definition) is 1. The molecule has 0 saturated heterocycles. The van der Waals surface area contributed by atoms with Crippen molar-refractivity contribution in [2.75, 3.05) is 26.2 Å². The second-order valence-electron chi connectivity index (χ2n) is 6.63. The van der Waals surface area contributed by atoms with E-state index in [1.54, 1.807) is 12.1 Å². The maximum absolute atomic E-state index is 13.0. The molecule has 2 heterocycles. The molecule has 0 atom stereocenters. The van der Waals surface area contributed by atoms with Crippen LogP contribution in [0.15, 0.2) is 48.8 Å². The van der Waals surface area contributed by atoms with Gasteiger partial charge in [-0.25, -0.2) is 14.4 Å². The van der Waals surface area contributed by atoms with Crippen molar-refractivity contribution in [3.8, 4) is 5.88 Å². The summed E-state index contributed by atoms with van der Waals surface area (Å²) in [6, 6.07) is 8.44. The number of rotatable bonds is 9. The maximum Gasteiger partial charge on any atom is 0.216 e. The van der Waals surface area contributed by atoms with Crippen molar-refractivity contribution < 1.29 is 9.13 Å². The predicted octanol–water partition coefficient (Wildman–Crippen LogP) is 3.26. The molecule has 0 aliphatic carbocycles. The monoisotopic (exact) mass is 370 g/mol. The second-order valence-corrected chi connectivity index (χ2v) is 6.63. The lowest BCUT2D eigenvalue weighted by Gasteiger charge is -2.29. The minimum absolute atomic E-state index is 0.242. The quantitative estimate of drug-likeness (QED) is 0.686. The number of likely N-dealkylation sites (N-methyl/N-ethyl adjacent to an activating group) is 1. The first kappa shape index (κ1) is 19.3. The van der Waals surface area contributed by atoms with Gasteiger partial charge in [-0.15, -0.1) is 0 Å². The SMILES string of the molecule is CCNCCN1C=CCN1Cc1cnc(OCc2ccc(F)cc2)c(C)c1. The van der Waals surface area contributed by atoms with E-state index in [2.05, 4.69) is 45.6 Å². The minimum Gasteiger partial charge on any atom is -0.473 e. The standard InChI is InChI=1S/C21H27FN4O/c1-3-23-9-12-25-10-4-11-26(25)15-19-13-17(2)21(24-14-19)27-16-18-5-7-20(22)8-6-18/h4-8,10,13-14,23H,3,9,11-12,15-16H2,1-2H3. The molecule has 3 rings (SSSR count). The van der Waals surface area contributed by atoms with Crippen LogP contribution >= 0.6 is 0 Å². The van der Waals surface area contributed by atoms with Crippen molar-refractivity contribution in [1.29, 1.82) is 0 Å². The first-order valence-corrected chi connectivity index (χ1v) is 9.37. The van der Waals surface area contributed by atoms with Crippen molar-refractivity contribution in [3.63, 3.8) is 0 Å². The highest BCUT2D eigenvalue weighted by atomic mass is 19.1. The Morgan fingerprint density at radius 3 is 2.78 bits per heavy atom. The molecule has 1 aliphatic heterocycles. The molecule has 1 aromatic carbocycles. The zero-order valence-electron chi connectivity index (χ0n) is 16.0. The molecular formula is C21H27FN4O. The van der Waals surface area contributed by atoms with E-state index < -0.39 is 0 Å². The molecule has 0 amide bonds. The van der Waals surface area contributed by atoms with E-state index in [-0.39, 0.29) is 5.82 Å². The van der Waals surface area contributed by atoms with E-state index in [0.717, 1.165) is 49.4 Å². The molecule has 0 fully saturated rings. The molecule has 144 valence electrons. The average molecular weight is 370 g/mol. The molecule has 5 nitrogen and oxygen atoms in total. The normalized spacial score (nSPS) is 14.1. The number of nitrogens with one attached hydrogen (secondary N) is 1. The molecule has 6 heteroatoms. The van der Waals surface area contributed by atoms with Gasteiger partial charge in [-0.05, 0) is 42.8 Å². The summed E-state index contributed by atoms with van der Waals surface area (Å²) in [5.41, 5.74) is 3.07. The van der Waals surface area contributed by atoms with Gasteiger partial charge in [-0.2, -0.15) is 0 Å². The Kier molecular flexibility index (Phi) is 6.79. The lowest BCUT2D eigenvalue weighted by atomic mass is 10.2. The third-order valence-corrected chi connectivity index (χ3v) is 4.47. The number of nitrogens with zero attached hydrogens (tertiary/aromatic N) is 3. The number of hydrazine groups is 1. The fourth-order valence-corrected chi connectivity index (χ4v) is 3.03. The van der Waals surface area contributed by atoms with Gasteiger partial charge in [0, 0.05) is 44.1 Å². The molecule has 0 saturated carbocycles. The molecule has 0 bridgehead atoms. The van der Waals surface area contributed by atoms with Gasteiger partial charge in [0.15, 0.2) is 0 Å². The number of benzene rings is 1. The number of ether oxygens (including phenoxy) is 1. The van der Waals surface area contributed by atoms with Crippen molar-refractivity contribution in [2.45, 2.75) is 27.0 Å². The number of halogens is 1. The van der Waals surface area contributed by atoms with Gasteiger partial charge < -0.3 is 15.1 Å². The molecular weight excluding hydrogens is 343 g/mol. The number of aryl methyl sites for hydroxylation is 1. The van der Waals surface area contributed by atoms with Crippen LogP contribution in [0.25, 0.3) is 0 Å². The van der Waals surface area contributed by atoms with E-state index >= 15 is 0 Å². The van der Waals surface area contributed by atoms with E-state index in [0.29, 0.717) is 12.5 Å². The minimum atomic E-state index is -0.242. The van der Waals surface area contributed by atoms with Crippen LogP contribution in [0.5, 0.6) is 5.88 Å². The summed E-state index contributed by atoms with van der Waals surface area (Å²) in [6.07, 6.45) is 6.18. The largest absolute Gasteiger partial charge is 0.473 e. The Hall–Kier alpha value is -2.44. The fourth-order valence-electron chi connectivity index (χ4n) is 3.03. The average Bonchev–Trinajstić information content (AvgIpc) is 3.10. The van der Waals surface area contributed by atoms with Crippen LogP contribution in [-0.2, 0) is 13.2 Å². The highest BCUT2D eigenvalue weighted by Crippen LogP contribution is 2.19. The van der Waals surface area contributed by atoms with E-state index in [9.17, 15) is 4.39 Å². The van der Waals surface area contributed by atoms with Gasteiger partial charge in [0.05, 0.1) is 0 Å². The van der Waals surface area contributed by atoms with Crippen LogP contribution in [0.3, 0.4) is 0 Å². The summed E-state index contributed by atoms with van der Waals surface area (Å²) in [5, 5.41) is 7.90. The topological polar surface area (TPSA) is 40.6 Å². The summed E-state index contributed by atoms with van der Waals surface area (Å²) < 4.78 is 18.8. The first-order valence-electron chi connectivity index (χ1n) is 9.37. The molecule has 2 aromatic rings. The van der Waals surface area contributed by atoms with Gasteiger partial charge in [0.1, 0.15) is 12.4 Å². The van der Waals surface area contributed by atoms with E-state index in [4.69, 9.17) is 4.74 Å². The smallest absolute Gasteiger partial charge is 0.216 e. The Balaban J connectivity index is 1.55. The highest BCUT2D eigenvalue weighted by Gasteiger charge is 2.16. The van der Waals surface area contributed by atoms with Crippen LogP contribution in [0, 0.1) is 12.7 Å². The van der Waals surface area contributed by atoms with Crippen LogP contribution in [-0.4, -0.2) is 41.2 Å². The second kappa shape index (κ2) is 9.48. The third-order valence-electron chi connectivity index (χ3n) is 4.47. The first-order chi connectivity index (χ1) is 13.2.